The lowest BCUT2D eigenvalue weighted by atomic mass is 9.84. The van der Waals surface area contributed by atoms with E-state index in [1.807, 2.05) is 0 Å². The van der Waals surface area contributed by atoms with Crippen LogP contribution in [0.15, 0.2) is 0 Å². The minimum Gasteiger partial charge on any atom is -0.355 e. The molecule has 0 aromatic carbocycles. The second-order valence-electron chi connectivity index (χ2n) is 6.39. The molecule has 3 N–H and O–H groups in total. The van der Waals surface area contributed by atoms with Gasteiger partial charge in [0, 0.05) is 25.0 Å². The minimum atomic E-state index is 0.213. The number of hydrogen-bond donors (Lipinski definition) is 2. The topological polar surface area (TPSA) is 58.4 Å². The van der Waals surface area contributed by atoms with Gasteiger partial charge in [-0.1, -0.05) is 6.42 Å². The van der Waals surface area contributed by atoms with Crippen molar-refractivity contribution in [2.45, 2.75) is 64.0 Å². The van der Waals surface area contributed by atoms with Crippen molar-refractivity contribution in [2.75, 3.05) is 19.6 Å². The first kappa shape index (κ1) is 14.8. The molecule has 3 unspecified atom stereocenters. The first-order valence-electron chi connectivity index (χ1n) is 7.91. The summed E-state index contributed by atoms with van der Waals surface area (Å²) in [7, 11) is 0. The zero-order valence-electron chi connectivity index (χ0n) is 12.2. The van der Waals surface area contributed by atoms with Crippen LogP contribution in [0, 0.1) is 5.92 Å². The van der Waals surface area contributed by atoms with Crippen molar-refractivity contribution in [1.29, 1.82) is 0 Å². The third-order valence-corrected chi connectivity index (χ3v) is 4.66. The van der Waals surface area contributed by atoms with Crippen molar-refractivity contribution in [3.63, 3.8) is 0 Å². The van der Waals surface area contributed by atoms with Crippen molar-refractivity contribution in [2.24, 2.45) is 11.7 Å². The van der Waals surface area contributed by atoms with Crippen LogP contribution >= 0.6 is 0 Å². The predicted molar refractivity (Wildman–Crippen MR) is 77.8 cm³/mol. The summed E-state index contributed by atoms with van der Waals surface area (Å²) >= 11 is 0. The van der Waals surface area contributed by atoms with Gasteiger partial charge in [0.1, 0.15) is 0 Å². The van der Waals surface area contributed by atoms with E-state index in [2.05, 4.69) is 17.1 Å². The Hall–Kier alpha value is -0.610. The summed E-state index contributed by atoms with van der Waals surface area (Å²) < 4.78 is 0. The maximum absolute atomic E-state index is 12.0. The van der Waals surface area contributed by atoms with E-state index in [4.69, 9.17) is 5.73 Å². The van der Waals surface area contributed by atoms with Gasteiger partial charge >= 0.3 is 0 Å². The Morgan fingerprint density at radius 1 is 1.32 bits per heavy atom. The molecule has 1 saturated heterocycles. The molecule has 0 bridgehead atoms. The molecule has 0 aromatic rings. The van der Waals surface area contributed by atoms with Gasteiger partial charge in [0.25, 0.3) is 0 Å². The van der Waals surface area contributed by atoms with Crippen LogP contribution in [0.3, 0.4) is 0 Å². The Bertz CT molecular complexity index is 289. The third kappa shape index (κ3) is 4.77. The molecule has 1 aliphatic heterocycles. The van der Waals surface area contributed by atoms with Crippen molar-refractivity contribution in [3.8, 4) is 0 Å². The van der Waals surface area contributed by atoms with Gasteiger partial charge < -0.3 is 11.1 Å². The Balaban J connectivity index is 1.63. The van der Waals surface area contributed by atoms with E-state index in [9.17, 15) is 4.79 Å². The molecule has 3 atom stereocenters. The number of amides is 1. The SMILES string of the molecule is CC(CNC(=O)CC1CCCC(N)C1)N1CCCC1. The van der Waals surface area contributed by atoms with E-state index in [1.165, 1.54) is 38.8 Å². The largest absolute Gasteiger partial charge is 0.355 e. The second-order valence-corrected chi connectivity index (χ2v) is 6.39. The molecule has 1 heterocycles. The van der Waals surface area contributed by atoms with Crippen LogP contribution < -0.4 is 11.1 Å². The molecule has 110 valence electrons. The van der Waals surface area contributed by atoms with E-state index >= 15 is 0 Å². The van der Waals surface area contributed by atoms with Gasteiger partial charge in [0.05, 0.1) is 0 Å². The highest BCUT2D eigenvalue weighted by Gasteiger charge is 2.22. The van der Waals surface area contributed by atoms with E-state index in [-0.39, 0.29) is 5.91 Å². The fourth-order valence-corrected chi connectivity index (χ4v) is 3.43. The highest BCUT2D eigenvalue weighted by Crippen LogP contribution is 2.25. The molecule has 1 aliphatic carbocycles. The number of nitrogens with one attached hydrogen (secondary N) is 1. The number of carbonyl (C=O) groups is 1. The zero-order chi connectivity index (χ0) is 13.7. The lowest BCUT2D eigenvalue weighted by molar-refractivity contribution is -0.122. The number of nitrogens with two attached hydrogens (primary N) is 1. The quantitative estimate of drug-likeness (QED) is 0.793. The molecule has 4 heteroatoms. The Labute approximate surface area is 117 Å². The van der Waals surface area contributed by atoms with Gasteiger partial charge in [-0.25, -0.2) is 0 Å². The summed E-state index contributed by atoms with van der Waals surface area (Å²) in [6, 6.07) is 0.787. The number of rotatable bonds is 5. The number of likely N-dealkylation sites (tertiary alicyclic amines) is 1. The lowest BCUT2D eigenvalue weighted by Gasteiger charge is -2.27. The molecule has 2 fully saturated rings. The fraction of sp³-hybridized carbons (Fsp3) is 0.933. The predicted octanol–water partition coefficient (Wildman–Crippen LogP) is 1.49. The Morgan fingerprint density at radius 3 is 2.74 bits per heavy atom. The summed E-state index contributed by atoms with van der Waals surface area (Å²) in [5.41, 5.74) is 5.97. The monoisotopic (exact) mass is 267 g/mol. The average Bonchev–Trinajstić information content (AvgIpc) is 2.90. The van der Waals surface area contributed by atoms with Crippen molar-refractivity contribution < 1.29 is 4.79 Å². The van der Waals surface area contributed by atoms with E-state index in [0.717, 1.165) is 19.4 Å². The molecule has 0 aromatic heterocycles. The van der Waals surface area contributed by atoms with E-state index in [1.54, 1.807) is 0 Å². The highest BCUT2D eigenvalue weighted by atomic mass is 16.1. The minimum absolute atomic E-state index is 0.213. The van der Waals surface area contributed by atoms with Crippen LogP contribution in [-0.2, 0) is 4.79 Å². The maximum atomic E-state index is 12.0. The van der Waals surface area contributed by atoms with Crippen LogP contribution in [0.5, 0.6) is 0 Å². The molecule has 0 radical (unpaired) electrons. The number of nitrogens with zero attached hydrogens (tertiary/aromatic N) is 1. The second kappa shape index (κ2) is 7.25. The van der Waals surface area contributed by atoms with Gasteiger partial charge in [-0.2, -0.15) is 0 Å². The molecule has 4 nitrogen and oxygen atoms in total. The summed E-state index contributed by atoms with van der Waals surface area (Å²) in [5, 5.41) is 3.10. The van der Waals surface area contributed by atoms with Crippen molar-refractivity contribution in [3.05, 3.63) is 0 Å². The first-order chi connectivity index (χ1) is 9.15. The van der Waals surface area contributed by atoms with E-state index in [0.29, 0.717) is 24.4 Å². The summed E-state index contributed by atoms with van der Waals surface area (Å²) in [5.74, 6) is 0.719. The Morgan fingerprint density at radius 2 is 2.05 bits per heavy atom. The third-order valence-electron chi connectivity index (χ3n) is 4.66. The van der Waals surface area contributed by atoms with Gasteiger partial charge in [0.15, 0.2) is 0 Å². The van der Waals surface area contributed by atoms with Crippen LogP contribution in [0.4, 0.5) is 0 Å². The molecule has 1 amide bonds. The van der Waals surface area contributed by atoms with Crippen LogP contribution in [0.2, 0.25) is 0 Å². The van der Waals surface area contributed by atoms with Gasteiger partial charge in [-0.3, -0.25) is 9.69 Å². The molecule has 0 spiro atoms. The lowest BCUT2D eigenvalue weighted by Crippen LogP contribution is -2.41. The highest BCUT2D eigenvalue weighted by molar-refractivity contribution is 5.76. The van der Waals surface area contributed by atoms with Gasteiger partial charge in [0.2, 0.25) is 5.91 Å². The average molecular weight is 267 g/mol. The first-order valence-corrected chi connectivity index (χ1v) is 7.91. The van der Waals surface area contributed by atoms with Crippen LogP contribution in [-0.4, -0.2) is 42.5 Å². The molecule has 19 heavy (non-hydrogen) atoms. The van der Waals surface area contributed by atoms with Crippen LogP contribution in [0.1, 0.15) is 51.9 Å². The summed E-state index contributed by atoms with van der Waals surface area (Å²) in [6.45, 7) is 5.38. The standard InChI is InChI=1S/C15H29N3O/c1-12(18-7-2-3-8-18)11-17-15(19)10-13-5-4-6-14(16)9-13/h12-14H,2-11,16H2,1H3,(H,17,19). The number of hydrogen-bond acceptors (Lipinski definition) is 3. The van der Waals surface area contributed by atoms with Gasteiger partial charge in [-0.15, -0.1) is 0 Å². The molecule has 2 rings (SSSR count). The molecule has 2 aliphatic rings. The summed E-state index contributed by atoms with van der Waals surface area (Å²) in [6.07, 6.45) is 7.78. The van der Waals surface area contributed by atoms with Crippen LogP contribution in [0.25, 0.3) is 0 Å². The smallest absolute Gasteiger partial charge is 0.220 e. The summed E-state index contributed by atoms with van der Waals surface area (Å²) in [4.78, 5) is 14.4. The van der Waals surface area contributed by atoms with E-state index < -0.39 is 0 Å². The van der Waals surface area contributed by atoms with Crippen molar-refractivity contribution in [1.82, 2.24) is 10.2 Å². The van der Waals surface area contributed by atoms with Gasteiger partial charge in [-0.05, 0) is 58.0 Å². The molecular formula is C15H29N3O. The fourth-order valence-electron chi connectivity index (χ4n) is 3.43. The van der Waals surface area contributed by atoms with Crippen molar-refractivity contribution >= 4 is 5.91 Å². The maximum Gasteiger partial charge on any atom is 0.220 e. The number of carbonyl (C=O) groups excluding carboxylic acids is 1. The Kier molecular flexibility index (Phi) is 5.64. The zero-order valence-corrected chi connectivity index (χ0v) is 12.2. The molecule has 1 saturated carbocycles. The molecular weight excluding hydrogens is 238 g/mol. The normalized spacial score (nSPS) is 30.2.